The highest BCUT2D eigenvalue weighted by molar-refractivity contribution is 6.28. The van der Waals surface area contributed by atoms with E-state index in [1.54, 1.807) is 12.1 Å². The predicted molar refractivity (Wildman–Crippen MR) is 59.3 cm³/mol. The van der Waals surface area contributed by atoms with Crippen molar-refractivity contribution in [1.82, 2.24) is 15.2 Å². The Morgan fingerprint density at radius 1 is 1.38 bits per heavy atom. The lowest BCUT2D eigenvalue weighted by molar-refractivity contribution is 0.631. The van der Waals surface area contributed by atoms with Gasteiger partial charge >= 0.3 is 0 Å². The highest BCUT2D eigenvalue weighted by Crippen LogP contribution is 2.19. The second kappa shape index (κ2) is 4.40. The second-order valence-corrected chi connectivity index (χ2v) is 3.56. The molecule has 0 unspecified atom stereocenters. The number of aromatic nitrogens is 3. The van der Waals surface area contributed by atoms with E-state index >= 15 is 0 Å². The van der Waals surface area contributed by atoms with Crippen molar-refractivity contribution in [2.75, 3.05) is 5.32 Å². The van der Waals surface area contributed by atoms with Crippen LogP contribution in [0.2, 0.25) is 5.28 Å². The molecule has 0 radical (unpaired) electrons. The summed E-state index contributed by atoms with van der Waals surface area (Å²) in [5.41, 5.74) is 1.27. The molecule has 0 amide bonds. The first-order valence-electron chi connectivity index (χ1n) is 4.53. The Labute approximate surface area is 96.5 Å². The van der Waals surface area contributed by atoms with Crippen molar-refractivity contribution in [3.05, 3.63) is 41.1 Å². The molecule has 0 spiro atoms. The standard InChI is InChI=1S/C10H8ClFN4/c1-6-2-3-7(12)8(4-6)14-9-5-13-16-10(11)15-9/h2-5H,1H3,(H,14,15,16). The number of halogens is 2. The van der Waals surface area contributed by atoms with Crippen LogP contribution in [0.15, 0.2) is 24.4 Å². The number of hydrogen-bond donors (Lipinski definition) is 1. The van der Waals surface area contributed by atoms with E-state index in [9.17, 15) is 4.39 Å². The van der Waals surface area contributed by atoms with Gasteiger partial charge in [0.2, 0.25) is 5.28 Å². The first kappa shape index (κ1) is 10.8. The maximum atomic E-state index is 13.4. The lowest BCUT2D eigenvalue weighted by Gasteiger charge is -2.06. The molecule has 1 heterocycles. The van der Waals surface area contributed by atoms with Gasteiger partial charge in [-0.1, -0.05) is 6.07 Å². The summed E-state index contributed by atoms with van der Waals surface area (Å²) in [6, 6.07) is 4.74. The summed E-state index contributed by atoms with van der Waals surface area (Å²) in [4.78, 5) is 3.85. The van der Waals surface area contributed by atoms with Crippen molar-refractivity contribution in [1.29, 1.82) is 0 Å². The fourth-order valence-electron chi connectivity index (χ4n) is 1.21. The molecule has 1 aromatic carbocycles. The van der Waals surface area contributed by atoms with E-state index in [2.05, 4.69) is 20.5 Å². The zero-order valence-corrected chi connectivity index (χ0v) is 9.16. The van der Waals surface area contributed by atoms with Crippen molar-refractivity contribution < 1.29 is 4.39 Å². The Kier molecular flexibility index (Phi) is 2.96. The van der Waals surface area contributed by atoms with Crippen molar-refractivity contribution in [2.24, 2.45) is 0 Å². The molecule has 2 aromatic rings. The third kappa shape index (κ3) is 2.43. The highest BCUT2D eigenvalue weighted by Gasteiger charge is 2.04. The molecule has 0 aliphatic carbocycles. The quantitative estimate of drug-likeness (QED) is 0.874. The Hall–Kier alpha value is -1.75. The van der Waals surface area contributed by atoms with Crippen LogP contribution in [0.5, 0.6) is 0 Å². The van der Waals surface area contributed by atoms with E-state index in [0.717, 1.165) is 5.56 Å². The first-order valence-corrected chi connectivity index (χ1v) is 4.91. The van der Waals surface area contributed by atoms with Crippen LogP contribution >= 0.6 is 11.6 Å². The van der Waals surface area contributed by atoms with Gasteiger partial charge in [0.15, 0.2) is 5.82 Å². The highest BCUT2D eigenvalue weighted by atomic mass is 35.5. The van der Waals surface area contributed by atoms with Crippen LogP contribution in [0.4, 0.5) is 15.9 Å². The van der Waals surface area contributed by atoms with Crippen molar-refractivity contribution in [2.45, 2.75) is 6.92 Å². The van der Waals surface area contributed by atoms with Crippen LogP contribution in [0.1, 0.15) is 5.56 Å². The van der Waals surface area contributed by atoms with Gasteiger partial charge in [0.05, 0.1) is 11.9 Å². The zero-order valence-electron chi connectivity index (χ0n) is 8.41. The van der Waals surface area contributed by atoms with E-state index in [1.807, 2.05) is 6.92 Å². The van der Waals surface area contributed by atoms with E-state index in [-0.39, 0.29) is 11.1 Å². The molecule has 1 N–H and O–H groups in total. The van der Waals surface area contributed by atoms with E-state index in [4.69, 9.17) is 11.6 Å². The Morgan fingerprint density at radius 2 is 2.19 bits per heavy atom. The molecular weight excluding hydrogens is 231 g/mol. The minimum Gasteiger partial charge on any atom is -0.336 e. The molecule has 1 aromatic heterocycles. The molecule has 6 heteroatoms. The molecule has 82 valence electrons. The predicted octanol–water partition coefficient (Wildman–Crippen LogP) is 2.72. The van der Waals surface area contributed by atoms with Gasteiger partial charge in [-0.05, 0) is 36.2 Å². The number of anilines is 2. The molecule has 0 saturated heterocycles. The lowest BCUT2D eigenvalue weighted by Crippen LogP contribution is -1.99. The van der Waals surface area contributed by atoms with Gasteiger partial charge in [-0.3, -0.25) is 0 Å². The molecule has 0 aliphatic heterocycles. The molecule has 0 aliphatic rings. The van der Waals surface area contributed by atoms with E-state index in [0.29, 0.717) is 11.5 Å². The number of nitrogens with zero attached hydrogens (tertiary/aromatic N) is 3. The van der Waals surface area contributed by atoms with Gasteiger partial charge in [0.25, 0.3) is 0 Å². The molecule has 4 nitrogen and oxygen atoms in total. The van der Waals surface area contributed by atoms with Gasteiger partial charge in [-0.15, -0.1) is 5.10 Å². The third-order valence-electron chi connectivity index (χ3n) is 1.92. The molecule has 16 heavy (non-hydrogen) atoms. The number of rotatable bonds is 2. The third-order valence-corrected chi connectivity index (χ3v) is 2.08. The Balaban J connectivity index is 2.30. The summed E-state index contributed by atoms with van der Waals surface area (Å²) in [5.74, 6) is -0.00941. The Morgan fingerprint density at radius 3 is 2.94 bits per heavy atom. The summed E-state index contributed by atoms with van der Waals surface area (Å²) in [6.45, 7) is 1.87. The van der Waals surface area contributed by atoms with Gasteiger partial charge < -0.3 is 5.32 Å². The minimum atomic E-state index is -0.361. The summed E-state index contributed by atoms with van der Waals surface area (Å²) < 4.78 is 13.4. The summed E-state index contributed by atoms with van der Waals surface area (Å²) in [5, 5.41) is 9.89. The fraction of sp³-hybridized carbons (Fsp3) is 0.100. The smallest absolute Gasteiger partial charge is 0.244 e. The number of hydrogen-bond acceptors (Lipinski definition) is 4. The zero-order chi connectivity index (χ0) is 11.5. The Bertz CT molecular complexity index is 518. The average Bonchev–Trinajstić information content (AvgIpc) is 2.24. The van der Waals surface area contributed by atoms with E-state index < -0.39 is 0 Å². The monoisotopic (exact) mass is 238 g/mol. The van der Waals surface area contributed by atoms with Crippen LogP contribution in [0.3, 0.4) is 0 Å². The fourth-order valence-corrected chi connectivity index (χ4v) is 1.35. The largest absolute Gasteiger partial charge is 0.336 e. The average molecular weight is 239 g/mol. The van der Waals surface area contributed by atoms with E-state index in [1.165, 1.54) is 12.3 Å². The first-order chi connectivity index (χ1) is 7.65. The maximum Gasteiger partial charge on any atom is 0.244 e. The van der Waals surface area contributed by atoms with Crippen LogP contribution in [-0.4, -0.2) is 15.2 Å². The van der Waals surface area contributed by atoms with Crippen LogP contribution in [0.25, 0.3) is 0 Å². The van der Waals surface area contributed by atoms with Gasteiger partial charge in [-0.25, -0.2) is 4.39 Å². The lowest BCUT2D eigenvalue weighted by atomic mass is 10.2. The molecule has 0 fully saturated rings. The summed E-state index contributed by atoms with van der Waals surface area (Å²) in [6.07, 6.45) is 1.37. The van der Waals surface area contributed by atoms with Gasteiger partial charge in [-0.2, -0.15) is 10.1 Å². The van der Waals surface area contributed by atoms with Crippen molar-refractivity contribution in [3.8, 4) is 0 Å². The summed E-state index contributed by atoms with van der Waals surface area (Å²) in [7, 11) is 0. The van der Waals surface area contributed by atoms with Gasteiger partial charge in [0, 0.05) is 0 Å². The van der Waals surface area contributed by atoms with Crippen molar-refractivity contribution >= 4 is 23.1 Å². The normalized spacial score (nSPS) is 10.2. The molecule has 0 bridgehead atoms. The topological polar surface area (TPSA) is 50.7 Å². The van der Waals surface area contributed by atoms with Gasteiger partial charge in [0.1, 0.15) is 5.82 Å². The molecule has 2 rings (SSSR count). The van der Waals surface area contributed by atoms with Crippen LogP contribution in [-0.2, 0) is 0 Å². The van der Waals surface area contributed by atoms with Crippen molar-refractivity contribution in [3.63, 3.8) is 0 Å². The second-order valence-electron chi connectivity index (χ2n) is 3.22. The number of nitrogens with one attached hydrogen (secondary N) is 1. The number of aryl methyl sites for hydroxylation is 1. The SMILES string of the molecule is Cc1ccc(F)c(Nc2cnnc(Cl)n2)c1. The maximum absolute atomic E-state index is 13.4. The summed E-state index contributed by atoms with van der Waals surface area (Å²) >= 11 is 5.56. The minimum absolute atomic E-state index is 0.0121. The van der Waals surface area contributed by atoms with Crippen LogP contribution in [0, 0.1) is 12.7 Å². The molecular formula is C10H8ClFN4. The number of benzene rings is 1. The van der Waals surface area contributed by atoms with Crippen LogP contribution < -0.4 is 5.32 Å². The molecule has 0 atom stereocenters. The molecule has 0 saturated carbocycles.